The summed E-state index contributed by atoms with van der Waals surface area (Å²) in [6, 6.07) is 10.3. The summed E-state index contributed by atoms with van der Waals surface area (Å²) >= 11 is 0. The Morgan fingerprint density at radius 2 is 1.89 bits per heavy atom. The molecule has 18 heavy (non-hydrogen) atoms. The highest BCUT2D eigenvalue weighted by atomic mass is 16.6. The minimum atomic E-state index is -0.400. The Hall–Kier alpha value is -1.35. The second-order valence-electron chi connectivity index (χ2n) is 5.35. The van der Waals surface area contributed by atoms with E-state index >= 15 is 0 Å². The molecule has 1 rings (SSSR count). The van der Waals surface area contributed by atoms with Gasteiger partial charge in [-0.25, -0.2) is 0 Å². The minimum Gasteiger partial charge on any atom is -0.459 e. The van der Waals surface area contributed by atoms with E-state index in [1.165, 1.54) is 5.56 Å². The molecule has 0 amide bonds. The van der Waals surface area contributed by atoms with Crippen LogP contribution in [0.3, 0.4) is 0 Å². The first-order valence-electron chi connectivity index (χ1n) is 6.44. The van der Waals surface area contributed by atoms with Crippen molar-refractivity contribution in [3.8, 4) is 0 Å². The highest BCUT2D eigenvalue weighted by Gasteiger charge is 2.15. The zero-order valence-corrected chi connectivity index (χ0v) is 11.5. The van der Waals surface area contributed by atoms with Gasteiger partial charge in [0.25, 0.3) is 0 Å². The molecule has 3 heteroatoms. The maximum atomic E-state index is 11.4. The number of esters is 1. The smallest absolute Gasteiger partial charge is 0.320 e. The monoisotopic (exact) mass is 249 g/mol. The minimum absolute atomic E-state index is 0.192. The summed E-state index contributed by atoms with van der Waals surface area (Å²) < 4.78 is 5.20. The summed E-state index contributed by atoms with van der Waals surface area (Å²) in [5.74, 6) is -0.192. The van der Waals surface area contributed by atoms with Crippen molar-refractivity contribution >= 4 is 5.97 Å². The van der Waals surface area contributed by atoms with Crippen LogP contribution in [0.1, 0.15) is 32.8 Å². The maximum Gasteiger partial charge on any atom is 0.320 e. The average molecular weight is 249 g/mol. The van der Waals surface area contributed by atoms with E-state index < -0.39 is 5.60 Å². The SMILES string of the molecule is CC(C)(C)OC(=O)CNCCCc1ccccc1. The van der Waals surface area contributed by atoms with Crippen LogP contribution in [0.25, 0.3) is 0 Å². The van der Waals surface area contributed by atoms with Crippen molar-refractivity contribution in [1.29, 1.82) is 0 Å². The third kappa shape index (κ3) is 7.07. The highest BCUT2D eigenvalue weighted by molar-refractivity contribution is 5.72. The summed E-state index contributed by atoms with van der Waals surface area (Å²) in [5, 5.41) is 3.10. The Kier molecular flexibility index (Phi) is 5.86. The summed E-state index contributed by atoms with van der Waals surface area (Å²) in [6.45, 7) is 6.74. The summed E-state index contributed by atoms with van der Waals surface area (Å²) in [6.07, 6.45) is 2.05. The van der Waals surface area contributed by atoms with Crippen molar-refractivity contribution in [3.63, 3.8) is 0 Å². The van der Waals surface area contributed by atoms with Crippen LogP contribution in [0, 0.1) is 0 Å². The number of benzene rings is 1. The van der Waals surface area contributed by atoms with Crippen molar-refractivity contribution < 1.29 is 9.53 Å². The van der Waals surface area contributed by atoms with Gasteiger partial charge >= 0.3 is 5.97 Å². The first-order valence-corrected chi connectivity index (χ1v) is 6.44. The van der Waals surface area contributed by atoms with Gasteiger partial charge in [-0.15, -0.1) is 0 Å². The molecule has 1 aromatic carbocycles. The predicted molar refractivity (Wildman–Crippen MR) is 73.5 cm³/mol. The number of rotatable bonds is 6. The van der Waals surface area contributed by atoms with Crippen LogP contribution >= 0.6 is 0 Å². The quantitative estimate of drug-likeness (QED) is 0.622. The molecule has 3 nitrogen and oxygen atoms in total. The maximum absolute atomic E-state index is 11.4. The van der Waals surface area contributed by atoms with Gasteiger partial charge in [-0.05, 0) is 45.7 Å². The van der Waals surface area contributed by atoms with Crippen LogP contribution in [-0.2, 0) is 16.0 Å². The van der Waals surface area contributed by atoms with Crippen LogP contribution in [0.5, 0.6) is 0 Å². The van der Waals surface area contributed by atoms with Crippen molar-refractivity contribution in [3.05, 3.63) is 35.9 Å². The highest BCUT2D eigenvalue weighted by Crippen LogP contribution is 2.06. The van der Waals surface area contributed by atoms with Crippen LogP contribution in [0.4, 0.5) is 0 Å². The van der Waals surface area contributed by atoms with E-state index in [0.29, 0.717) is 0 Å². The molecule has 0 aromatic heterocycles. The average Bonchev–Trinajstić information content (AvgIpc) is 2.27. The van der Waals surface area contributed by atoms with Gasteiger partial charge in [0.05, 0.1) is 6.54 Å². The number of aryl methyl sites for hydroxylation is 1. The topological polar surface area (TPSA) is 38.3 Å². The third-order valence-electron chi connectivity index (χ3n) is 2.35. The zero-order chi connectivity index (χ0) is 13.4. The van der Waals surface area contributed by atoms with Gasteiger partial charge in [-0.2, -0.15) is 0 Å². The Labute approximate surface area is 110 Å². The lowest BCUT2D eigenvalue weighted by Crippen LogP contribution is -2.32. The lowest BCUT2D eigenvalue weighted by Gasteiger charge is -2.19. The number of carbonyl (C=O) groups excluding carboxylic acids is 1. The van der Waals surface area contributed by atoms with E-state index in [2.05, 4.69) is 17.4 Å². The number of carbonyl (C=O) groups is 1. The molecule has 1 N–H and O–H groups in total. The fourth-order valence-electron chi connectivity index (χ4n) is 1.63. The molecule has 100 valence electrons. The van der Waals surface area contributed by atoms with Crippen LogP contribution in [0.15, 0.2) is 30.3 Å². The first-order chi connectivity index (χ1) is 8.47. The zero-order valence-electron chi connectivity index (χ0n) is 11.5. The van der Waals surface area contributed by atoms with Crippen molar-refractivity contribution in [2.45, 2.75) is 39.2 Å². The molecule has 0 spiro atoms. The first kappa shape index (κ1) is 14.7. The van der Waals surface area contributed by atoms with E-state index in [9.17, 15) is 4.79 Å². The van der Waals surface area contributed by atoms with Gasteiger partial charge in [0.15, 0.2) is 0 Å². The van der Waals surface area contributed by atoms with Crippen molar-refractivity contribution in [1.82, 2.24) is 5.32 Å². The van der Waals surface area contributed by atoms with Gasteiger partial charge in [-0.1, -0.05) is 30.3 Å². The molecule has 0 aliphatic heterocycles. The summed E-state index contributed by atoms with van der Waals surface area (Å²) in [7, 11) is 0. The molecule has 0 saturated carbocycles. The Morgan fingerprint density at radius 3 is 2.50 bits per heavy atom. The summed E-state index contributed by atoms with van der Waals surface area (Å²) in [5.41, 5.74) is 0.930. The molecule has 0 unspecified atom stereocenters. The van der Waals surface area contributed by atoms with Crippen molar-refractivity contribution in [2.75, 3.05) is 13.1 Å². The van der Waals surface area contributed by atoms with Gasteiger partial charge in [0.2, 0.25) is 0 Å². The van der Waals surface area contributed by atoms with Gasteiger partial charge in [0.1, 0.15) is 5.60 Å². The molecule has 0 saturated heterocycles. The Balaban J connectivity index is 2.07. The molecule has 0 radical (unpaired) electrons. The predicted octanol–water partition coefficient (Wildman–Crippen LogP) is 2.55. The standard InChI is InChI=1S/C15H23NO2/c1-15(2,3)18-14(17)12-16-11-7-10-13-8-5-4-6-9-13/h4-6,8-9,16H,7,10-12H2,1-3H3. The van der Waals surface area contributed by atoms with Gasteiger partial charge in [-0.3, -0.25) is 4.79 Å². The van der Waals surface area contributed by atoms with Gasteiger partial charge < -0.3 is 10.1 Å². The van der Waals surface area contributed by atoms with Crippen molar-refractivity contribution in [2.24, 2.45) is 0 Å². The van der Waals surface area contributed by atoms with E-state index in [1.54, 1.807) is 0 Å². The Bertz CT molecular complexity index is 355. The molecule has 0 bridgehead atoms. The second-order valence-corrected chi connectivity index (χ2v) is 5.35. The molecule has 0 heterocycles. The van der Waals surface area contributed by atoms with E-state index in [1.807, 2.05) is 39.0 Å². The molecule has 0 fully saturated rings. The number of hydrogen-bond donors (Lipinski definition) is 1. The molecular weight excluding hydrogens is 226 g/mol. The van der Waals surface area contributed by atoms with E-state index in [4.69, 9.17) is 4.74 Å². The van der Waals surface area contributed by atoms with Crippen LogP contribution in [-0.4, -0.2) is 24.7 Å². The Morgan fingerprint density at radius 1 is 1.22 bits per heavy atom. The molecular formula is C15H23NO2. The third-order valence-corrected chi connectivity index (χ3v) is 2.35. The molecule has 0 atom stereocenters. The molecule has 0 aliphatic rings. The fraction of sp³-hybridized carbons (Fsp3) is 0.533. The van der Waals surface area contributed by atoms with Crippen LogP contribution in [0.2, 0.25) is 0 Å². The van der Waals surface area contributed by atoms with Gasteiger partial charge in [0, 0.05) is 0 Å². The lowest BCUT2D eigenvalue weighted by molar-refractivity contribution is -0.153. The van der Waals surface area contributed by atoms with Crippen LogP contribution < -0.4 is 5.32 Å². The largest absolute Gasteiger partial charge is 0.459 e. The molecule has 1 aromatic rings. The lowest BCUT2D eigenvalue weighted by atomic mass is 10.1. The number of nitrogens with one attached hydrogen (secondary N) is 1. The van der Waals surface area contributed by atoms with E-state index in [0.717, 1.165) is 19.4 Å². The number of hydrogen-bond acceptors (Lipinski definition) is 3. The fourth-order valence-corrected chi connectivity index (χ4v) is 1.63. The van der Waals surface area contributed by atoms with E-state index in [-0.39, 0.29) is 12.5 Å². The second kappa shape index (κ2) is 7.17. The molecule has 0 aliphatic carbocycles. The summed E-state index contributed by atoms with van der Waals surface area (Å²) in [4.78, 5) is 11.4. The number of ether oxygens (including phenoxy) is 1. The normalized spacial score (nSPS) is 11.3.